The SMILES string of the molecule is CCn1nc(Cn2c(C3C(C(=O)O)C3(C)C)nc3cc(OCc4ccc5ccccc5n4)ccc32)c2ccccc21. The molecule has 0 bridgehead atoms. The number of hydrogen-bond donors (Lipinski definition) is 1. The minimum absolute atomic E-state index is 0.196. The van der Waals surface area contributed by atoms with Crippen LogP contribution in [0.2, 0.25) is 0 Å². The topological polar surface area (TPSA) is 95.1 Å². The molecule has 0 saturated heterocycles. The van der Waals surface area contributed by atoms with Crippen LogP contribution in [0.1, 0.15) is 43.9 Å². The molecule has 41 heavy (non-hydrogen) atoms. The number of fused-ring (bicyclic) bond motifs is 3. The lowest BCUT2D eigenvalue weighted by Gasteiger charge is -2.10. The molecule has 7 rings (SSSR count). The normalized spacial score (nSPS) is 17.8. The highest BCUT2D eigenvalue weighted by molar-refractivity contribution is 5.84. The number of nitrogens with zero attached hydrogens (tertiary/aromatic N) is 5. The second-order valence-corrected chi connectivity index (χ2v) is 11.4. The Morgan fingerprint density at radius 3 is 2.56 bits per heavy atom. The maximum atomic E-state index is 12.1. The van der Waals surface area contributed by atoms with Crippen LogP contribution in [0.15, 0.2) is 78.9 Å². The van der Waals surface area contributed by atoms with Gasteiger partial charge in [0.05, 0.1) is 45.9 Å². The van der Waals surface area contributed by atoms with Crippen molar-refractivity contribution in [1.29, 1.82) is 0 Å². The quantitative estimate of drug-likeness (QED) is 0.238. The first kappa shape index (κ1) is 25.3. The number of pyridine rings is 1. The summed E-state index contributed by atoms with van der Waals surface area (Å²) in [6.45, 7) is 7.70. The largest absolute Gasteiger partial charge is 0.487 e. The highest BCUT2D eigenvalue weighted by atomic mass is 16.5. The Morgan fingerprint density at radius 1 is 0.951 bits per heavy atom. The van der Waals surface area contributed by atoms with Crippen LogP contribution < -0.4 is 4.74 Å². The molecule has 1 aliphatic carbocycles. The molecule has 0 amide bonds. The number of para-hydroxylation sites is 2. The van der Waals surface area contributed by atoms with Gasteiger partial charge in [0.25, 0.3) is 0 Å². The smallest absolute Gasteiger partial charge is 0.307 e. The van der Waals surface area contributed by atoms with Gasteiger partial charge >= 0.3 is 5.97 Å². The van der Waals surface area contributed by atoms with Gasteiger partial charge in [0, 0.05) is 29.3 Å². The number of carbonyl (C=O) groups is 1. The Labute approximate surface area is 237 Å². The Bertz CT molecular complexity index is 1950. The van der Waals surface area contributed by atoms with Crippen molar-refractivity contribution in [2.75, 3.05) is 0 Å². The maximum absolute atomic E-state index is 12.1. The molecule has 1 aliphatic rings. The van der Waals surface area contributed by atoms with Crippen molar-refractivity contribution in [3.05, 3.63) is 96.1 Å². The van der Waals surface area contributed by atoms with Crippen molar-refractivity contribution in [3.63, 3.8) is 0 Å². The number of aryl methyl sites for hydroxylation is 1. The Morgan fingerprint density at radius 2 is 1.76 bits per heavy atom. The van der Waals surface area contributed by atoms with E-state index in [-0.39, 0.29) is 5.92 Å². The van der Waals surface area contributed by atoms with Crippen LogP contribution in [0.5, 0.6) is 5.75 Å². The van der Waals surface area contributed by atoms with Crippen LogP contribution >= 0.6 is 0 Å². The first-order valence-corrected chi connectivity index (χ1v) is 14.0. The summed E-state index contributed by atoms with van der Waals surface area (Å²) in [5, 5.41) is 17.1. The molecule has 0 radical (unpaired) electrons. The molecule has 0 aliphatic heterocycles. The molecule has 2 unspecified atom stereocenters. The van der Waals surface area contributed by atoms with Crippen molar-refractivity contribution >= 4 is 38.8 Å². The molecule has 8 nitrogen and oxygen atoms in total. The van der Waals surface area contributed by atoms with E-state index in [1.807, 2.05) is 79.2 Å². The van der Waals surface area contributed by atoms with E-state index in [2.05, 4.69) is 29.7 Å². The van der Waals surface area contributed by atoms with Gasteiger partial charge in [-0.2, -0.15) is 5.10 Å². The van der Waals surface area contributed by atoms with Crippen LogP contribution in [-0.2, 0) is 24.5 Å². The fourth-order valence-corrected chi connectivity index (χ4v) is 6.25. The number of benzene rings is 3. The van der Waals surface area contributed by atoms with Gasteiger partial charge in [-0.25, -0.2) is 9.97 Å². The van der Waals surface area contributed by atoms with Crippen molar-refractivity contribution in [2.24, 2.45) is 11.3 Å². The third-order valence-corrected chi connectivity index (χ3v) is 8.51. The predicted octanol–water partition coefficient (Wildman–Crippen LogP) is 6.41. The number of aliphatic carboxylic acids is 1. The molecule has 6 aromatic rings. The summed E-state index contributed by atoms with van der Waals surface area (Å²) in [4.78, 5) is 21.9. The third kappa shape index (κ3) is 4.22. The fraction of sp³-hybridized carbons (Fsp3) is 0.273. The highest BCUT2D eigenvalue weighted by Gasteiger charge is 2.64. The van der Waals surface area contributed by atoms with E-state index in [1.165, 1.54) is 0 Å². The molecule has 3 heterocycles. The average molecular weight is 546 g/mol. The first-order chi connectivity index (χ1) is 19.8. The molecule has 1 N–H and O–H groups in total. The lowest BCUT2D eigenvalue weighted by Crippen LogP contribution is -2.08. The van der Waals surface area contributed by atoms with Crippen LogP contribution in [0.25, 0.3) is 32.8 Å². The second kappa shape index (κ2) is 9.44. The van der Waals surface area contributed by atoms with Crippen molar-refractivity contribution in [1.82, 2.24) is 24.3 Å². The molecule has 3 aromatic carbocycles. The van der Waals surface area contributed by atoms with Crippen LogP contribution in [0, 0.1) is 11.3 Å². The molecule has 1 fully saturated rings. The van der Waals surface area contributed by atoms with Crippen molar-refractivity contribution in [3.8, 4) is 5.75 Å². The van der Waals surface area contributed by atoms with E-state index in [9.17, 15) is 9.90 Å². The molecule has 2 atom stereocenters. The maximum Gasteiger partial charge on any atom is 0.307 e. The molecule has 0 spiro atoms. The van der Waals surface area contributed by atoms with Gasteiger partial charge in [-0.1, -0.05) is 56.3 Å². The van der Waals surface area contributed by atoms with Crippen LogP contribution in [0.4, 0.5) is 0 Å². The van der Waals surface area contributed by atoms with Gasteiger partial charge < -0.3 is 14.4 Å². The summed E-state index contributed by atoms with van der Waals surface area (Å²) in [6, 6.07) is 26.2. The third-order valence-electron chi connectivity index (χ3n) is 8.51. The van der Waals surface area contributed by atoms with Gasteiger partial charge in [0.1, 0.15) is 18.2 Å². The van der Waals surface area contributed by atoms with Crippen molar-refractivity contribution < 1.29 is 14.6 Å². The molecular weight excluding hydrogens is 514 g/mol. The molecular formula is C33H31N5O3. The number of carboxylic acids is 1. The standard InChI is InChI=1S/C33H31N5O3/c1-4-38-27-12-8-6-10-23(27)26(36-38)18-37-28-16-15-22(41-19-21-14-13-20-9-5-7-11-24(20)34-21)17-25(28)35-31(37)29-30(32(39)40)33(29,2)3/h5-17,29-30H,4,18-19H2,1-3H3,(H,39,40). The molecule has 8 heteroatoms. The van der Waals surface area contributed by atoms with Gasteiger partial charge in [0.15, 0.2) is 0 Å². The first-order valence-electron chi connectivity index (χ1n) is 14.0. The monoisotopic (exact) mass is 545 g/mol. The lowest BCUT2D eigenvalue weighted by molar-refractivity contribution is -0.139. The number of aromatic nitrogens is 5. The predicted molar refractivity (Wildman–Crippen MR) is 158 cm³/mol. The van der Waals surface area contributed by atoms with Gasteiger partial charge in [-0.3, -0.25) is 9.48 Å². The zero-order valence-corrected chi connectivity index (χ0v) is 23.3. The Hall–Kier alpha value is -4.72. The second-order valence-electron chi connectivity index (χ2n) is 11.4. The van der Waals surface area contributed by atoms with Crippen LogP contribution in [-0.4, -0.2) is 35.4 Å². The van der Waals surface area contributed by atoms with Gasteiger partial charge in [-0.15, -0.1) is 0 Å². The minimum Gasteiger partial charge on any atom is -0.487 e. The zero-order valence-electron chi connectivity index (χ0n) is 23.3. The van der Waals surface area contributed by atoms with E-state index >= 15 is 0 Å². The Balaban J connectivity index is 1.26. The Kier molecular flexibility index (Phi) is 5.81. The zero-order chi connectivity index (χ0) is 28.3. The van der Waals surface area contributed by atoms with Gasteiger partial charge in [0.2, 0.25) is 0 Å². The molecule has 3 aromatic heterocycles. The highest BCUT2D eigenvalue weighted by Crippen LogP contribution is 2.64. The molecule has 206 valence electrons. The summed E-state index contributed by atoms with van der Waals surface area (Å²) >= 11 is 0. The lowest BCUT2D eigenvalue weighted by atomic mass is 10.1. The summed E-state index contributed by atoms with van der Waals surface area (Å²) < 4.78 is 10.3. The fourth-order valence-electron chi connectivity index (χ4n) is 6.25. The van der Waals surface area contributed by atoms with E-state index in [0.717, 1.165) is 56.6 Å². The number of hydrogen-bond acceptors (Lipinski definition) is 5. The number of imidazole rings is 1. The van der Waals surface area contributed by atoms with E-state index in [1.54, 1.807) is 0 Å². The van der Waals surface area contributed by atoms with E-state index in [4.69, 9.17) is 19.8 Å². The molecule has 1 saturated carbocycles. The van der Waals surface area contributed by atoms with Crippen LogP contribution in [0.3, 0.4) is 0 Å². The minimum atomic E-state index is -0.786. The summed E-state index contributed by atoms with van der Waals surface area (Å²) in [5.74, 6) is -0.00268. The van der Waals surface area contributed by atoms with E-state index in [0.29, 0.717) is 18.9 Å². The average Bonchev–Trinajstić information content (AvgIpc) is 3.23. The summed E-state index contributed by atoms with van der Waals surface area (Å²) in [5.41, 5.74) is 5.12. The summed E-state index contributed by atoms with van der Waals surface area (Å²) in [6.07, 6.45) is 0. The van der Waals surface area contributed by atoms with Crippen molar-refractivity contribution in [2.45, 2.75) is 46.4 Å². The van der Waals surface area contributed by atoms with Gasteiger partial charge in [-0.05, 0) is 42.7 Å². The van der Waals surface area contributed by atoms with E-state index < -0.39 is 17.3 Å². The number of ether oxygens (including phenoxy) is 1. The number of carboxylic acid groups (broad SMARTS) is 1. The summed E-state index contributed by atoms with van der Waals surface area (Å²) in [7, 11) is 0. The number of rotatable bonds is 8.